The third-order valence-corrected chi connectivity index (χ3v) is 4.22. The van der Waals surface area contributed by atoms with Gasteiger partial charge >= 0.3 is 6.09 Å². The largest absolute Gasteiger partial charge is 0.465 e. The fourth-order valence-corrected chi connectivity index (χ4v) is 2.83. The third-order valence-electron chi connectivity index (χ3n) is 3.75. The smallest absolute Gasteiger partial charge is 0.407 e. The lowest BCUT2D eigenvalue weighted by atomic mass is 10.0. The fourth-order valence-electron chi connectivity index (χ4n) is 2.59. The molecule has 1 aliphatic rings. The molecule has 1 aliphatic heterocycles. The van der Waals surface area contributed by atoms with Crippen LogP contribution in [0.25, 0.3) is 0 Å². The summed E-state index contributed by atoms with van der Waals surface area (Å²) in [6.45, 7) is 0.348. The van der Waals surface area contributed by atoms with Gasteiger partial charge in [-0.15, -0.1) is 0 Å². The van der Waals surface area contributed by atoms with Crippen LogP contribution in [-0.4, -0.2) is 45.6 Å². The Labute approximate surface area is 142 Å². The van der Waals surface area contributed by atoms with E-state index in [9.17, 15) is 20.0 Å². The fraction of sp³-hybridized carbons (Fsp3) is 0.467. The molecule has 2 heterocycles. The van der Waals surface area contributed by atoms with Gasteiger partial charge < -0.3 is 10.4 Å². The molecule has 1 fully saturated rings. The highest BCUT2D eigenvalue weighted by Gasteiger charge is 2.32. The first kappa shape index (κ1) is 17.2. The number of pyridine rings is 1. The molecule has 0 aliphatic carbocycles. The van der Waals surface area contributed by atoms with E-state index in [4.69, 9.17) is 0 Å². The third kappa shape index (κ3) is 4.66. The van der Waals surface area contributed by atoms with Crippen molar-refractivity contribution in [3.63, 3.8) is 0 Å². The predicted molar refractivity (Wildman–Crippen MR) is 85.6 cm³/mol. The summed E-state index contributed by atoms with van der Waals surface area (Å²) in [5.74, 6) is -0.413. The van der Waals surface area contributed by atoms with Crippen molar-refractivity contribution in [3.05, 3.63) is 28.5 Å². The maximum Gasteiger partial charge on any atom is 0.407 e. The Morgan fingerprint density at radius 3 is 2.91 bits per heavy atom. The normalized spacial score (nSPS) is 18.8. The molecule has 2 N–H and O–H groups in total. The average Bonchev–Trinajstić information content (AvgIpc) is 2.56. The van der Waals surface area contributed by atoms with Crippen LogP contribution in [0.4, 0.5) is 4.79 Å². The van der Waals surface area contributed by atoms with Crippen molar-refractivity contribution in [1.82, 2.24) is 15.2 Å². The number of carbonyl (C=O) groups excluding carboxylic acids is 1. The first-order chi connectivity index (χ1) is 11.0. The Kier molecular flexibility index (Phi) is 5.93. The second kappa shape index (κ2) is 7.92. The van der Waals surface area contributed by atoms with Gasteiger partial charge in [-0.25, -0.2) is 9.78 Å². The van der Waals surface area contributed by atoms with E-state index in [1.807, 2.05) is 12.1 Å². The van der Waals surface area contributed by atoms with Gasteiger partial charge in [-0.2, -0.15) is 5.26 Å². The zero-order valence-electron chi connectivity index (χ0n) is 12.4. The number of nitriles is 1. The highest BCUT2D eigenvalue weighted by molar-refractivity contribution is 9.10. The molecular formula is C15H17BrN4O3. The highest BCUT2D eigenvalue weighted by Crippen LogP contribution is 2.17. The number of nitrogens with zero attached hydrogens (tertiary/aromatic N) is 3. The minimum absolute atomic E-state index is 0.322. The molecule has 0 bridgehead atoms. The molecule has 0 radical (unpaired) electrons. The van der Waals surface area contributed by atoms with Gasteiger partial charge in [-0.05, 0) is 46.8 Å². The summed E-state index contributed by atoms with van der Waals surface area (Å²) in [7, 11) is 0. The second-order valence-corrected chi connectivity index (χ2v) is 6.18. The number of hydrogen-bond donors (Lipinski definition) is 2. The van der Waals surface area contributed by atoms with Gasteiger partial charge in [0.05, 0.1) is 6.07 Å². The summed E-state index contributed by atoms with van der Waals surface area (Å²) in [5.41, 5.74) is 0.818. The van der Waals surface area contributed by atoms with Crippen LogP contribution in [0, 0.1) is 11.3 Å². The van der Waals surface area contributed by atoms with E-state index < -0.39 is 24.1 Å². The minimum Gasteiger partial charge on any atom is -0.465 e. The van der Waals surface area contributed by atoms with Gasteiger partial charge in [0.1, 0.15) is 16.7 Å². The summed E-state index contributed by atoms with van der Waals surface area (Å²) in [6, 6.07) is 4.18. The van der Waals surface area contributed by atoms with Crippen molar-refractivity contribution in [2.24, 2.45) is 0 Å². The quantitative estimate of drug-likeness (QED) is 0.776. The number of rotatable bonds is 4. The zero-order valence-corrected chi connectivity index (χ0v) is 14.0. The van der Waals surface area contributed by atoms with Crippen LogP contribution in [0.3, 0.4) is 0 Å². The van der Waals surface area contributed by atoms with Gasteiger partial charge in [0.15, 0.2) is 0 Å². The monoisotopic (exact) mass is 380 g/mol. The zero-order chi connectivity index (χ0) is 16.8. The number of amides is 2. The molecule has 1 aromatic heterocycles. The van der Waals surface area contributed by atoms with Crippen LogP contribution in [0.5, 0.6) is 0 Å². The molecule has 2 unspecified atom stereocenters. The maximum absolute atomic E-state index is 12.3. The molecule has 2 rings (SSSR count). The summed E-state index contributed by atoms with van der Waals surface area (Å²) < 4.78 is 0.693. The van der Waals surface area contributed by atoms with E-state index in [0.29, 0.717) is 24.0 Å². The average molecular weight is 381 g/mol. The molecule has 122 valence electrons. The lowest BCUT2D eigenvalue weighted by Crippen LogP contribution is -2.53. The van der Waals surface area contributed by atoms with Crippen molar-refractivity contribution in [3.8, 4) is 6.07 Å². The van der Waals surface area contributed by atoms with Crippen molar-refractivity contribution in [2.45, 2.75) is 37.8 Å². The van der Waals surface area contributed by atoms with E-state index in [0.717, 1.165) is 23.3 Å². The Morgan fingerprint density at radius 2 is 2.30 bits per heavy atom. The molecule has 0 spiro atoms. The topological polar surface area (TPSA) is 106 Å². The van der Waals surface area contributed by atoms with Gasteiger partial charge in [0.25, 0.3) is 0 Å². The lowest BCUT2D eigenvalue weighted by molar-refractivity contribution is -0.127. The van der Waals surface area contributed by atoms with Gasteiger partial charge in [0, 0.05) is 19.2 Å². The molecule has 8 heteroatoms. The van der Waals surface area contributed by atoms with Crippen molar-refractivity contribution < 1.29 is 14.7 Å². The second-order valence-electron chi connectivity index (χ2n) is 5.37. The Morgan fingerprint density at radius 1 is 1.52 bits per heavy atom. The summed E-state index contributed by atoms with van der Waals surface area (Å²) in [5, 5.41) is 21.1. The van der Waals surface area contributed by atoms with Crippen molar-refractivity contribution in [1.29, 1.82) is 5.26 Å². The molecule has 1 saturated heterocycles. The SMILES string of the molecule is N#CC(Cc1ccc(Br)nc1)NC(=O)C1CCCCN1C(=O)O. The molecule has 23 heavy (non-hydrogen) atoms. The van der Waals surface area contributed by atoms with E-state index in [2.05, 4.69) is 26.2 Å². The van der Waals surface area contributed by atoms with E-state index in [-0.39, 0.29) is 0 Å². The number of likely N-dealkylation sites (tertiary alicyclic amines) is 1. The maximum atomic E-state index is 12.3. The standard InChI is InChI=1S/C15H17BrN4O3/c16-13-5-4-10(9-18-13)7-11(8-17)19-14(21)12-3-1-2-6-20(12)15(22)23/h4-5,9,11-12H,1-3,6-7H2,(H,19,21)(H,22,23). The van der Waals surface area contributed by atoms with Crippen LogP contribution in [0.2, 0.25) is 0 Å². The van der Waals surface area contributed by atoms with Crippen LogP contribution < -0.4 is 5.32 Å². The molecule has 1 aromatic rings. The molecule has 0 aromatic carbocycles. The summed E-state index contributed by atoms with van der Waals surface area (Å²) in [4.78, 5) is 28.8. The summed E-state index contributed by atoms with van der Waals surface area (Å²) in [6.07, 6.45) is 2.89. The number of piperidine rings is 1. The minimum atomic E-state index is -1.10. The van der Waals surface area contributed by atoms with Crippen LogP contribution >= 0.6 is 15.9 Å². The highest BCUT2D eigenvalue weighted by atomic mass is 79.9. The van der Waals surface area contributed by atoms with Gasteiger partial charge in [-0.3, -0.25) is 9.69 Å². The number of carbonyl (C=O) groups is 2. The van der Waals surface area contributed by atoms with Crippen LogP contribution in [-0.2, 0) is 11.2 Å². The Hall–Kier alpha value is -2.14. The van der Waals surface area contributed by atoms with E-state index in [1.54, 1.807) is 12.3 Å². The Bertz CT molecular complexity index is 614. The number of aromatic nitrogens is 1. The van der Waals surface area contributed by atoms with Crippen LogP contribution in [0.15, 0.2) is 22.9 Å². The lowest BCUT2D eigenvalue weighted by Gasteiger charge is -2.32. The molecule has 2 atom stereocenters. The number of carboxylic acid groups (broad SMARTS) is 1. The predicted octanol–water partition coefficient (Wildman–Crippen LogP) is 1.93. The molecule has 0 saturated carbocycles. The summed E-state index contributed by atoms with van der Waals surface area (Å²) >= 11 is 3.23. The molecular weight excluding hydrogens is 364 g/mol. The van der Waals surface area contributed by atoms with Crippen molar-refractivity contribution in [2.75, 3.05) is 6.54 Å². The molecule has 7 nitrogen and oxygen atoms in total. The van der Waals surface area contributed by atoms with E-state index in [1.165, 1.54) is 0 Å². The number of halogens is 1. The first-order valence-electron chi connectivity index (χ1n) is 7.31. The number of hydrogen-bond acceptors (Lipinski definition) is 4. The van der Waals surface area contributed by atoms with Gasteiger partial charge in [-0.1, -0.05) is 6.07 Å². The first-order valence-corrected chi connectivity index (χ1v) is 8.10. The number of nitrogens with one attached hydrogen (secondary N) is 1. The van der Waals surface area contributed by atoms with Crippen LogP contribution in [0.1, 0.15) is 24.8 Å². The molecule has 2 amide bonds. The van der Waals surface area contributed by atoms with Crippen molar-refractivity contribution >= 4 is 27.9 Å². The van der Waals surface area contributed by atoms with Gasteiger partial charge in [0.2, 0.25) is 5.91 Å². The Balaban J connectivity index is 2.00. The van der Waals surface area contributed by atoms with E-state index >= 15 is 0 Å².